The molecule has 240 valence electrons. The molecule has 0 saturated carbocycles. The van der Waals surface area contributed by atoms with Crippen LogP contribution in [0.2, 0.25) is 0 Å². The number of hydrogen-bond donors (Lipinski definition) is 2. The van der Waals surface area contributed by atoms with Crippen molar-refractivity contribution >= 4 is 62.5 Å². The van der Waals surface area contributed by atoms with Gasteiger partial charge in [0.25, 0.3) is 0 Å². The molecule has 4 nitrogen and oxygen atoms in total. The first-order valence-electron chi connectivity index (χ1n) is 16.1. The second-order valence-electron chi connectivity index (χ2n) is 11.4. The molecule has 0 spiro atoms. The van der Waals surface area contributed by atoms with E-state index in [4.69, 9.17) is 0 Å². The molecule has 7 aromatic rings. The first kappa shape index (κ1) is 30.5. The first-order chi connectivity index (χ1) is 24.2. The Kier molecular flexibility index (Phi) is 8.52. The number of H-pyrrole nitrogens is 2. The van der Waals surface area contributed by atoms with Gasteiger partial charge in [0, 0.05) is 22.1 Å². The summed E-state index contributed by atoms with van der Waals surface area (Å²) in [4.78, 5) is 16.0. The molecule has 0 fully saturated rings. The Morgan fingerprint density at radius 2 is 0.551 bits per heavy atom. The monoisotopic (exact) mass is 724 g/mol. The number of fused-ring (bicyclic) bond motifs is 8. The second-order valence-corrected chi connectivity index (χ2v) is 17.3. The minimum atomic E-state index is -2.46. The van der Waals surface area contributed by atoms with Crippen LogP contribution in [0.25, 0.3) is 46.4 Å². The van der Waals surface area contributed by atoms with E-state index in [0.29, 0.717) is 0 Å². The summed E-state index contributed by atoms with van der Waals surface area (Å²) in [7, 11) is 0. The Morgan fingerprint density at radius 1 is 0.306 bits per heavy atom. The van der Waals surface area contributed by atoms with Crippen LogP contribution in [0.15, 0.2) is 170 Å². The van der Waals surface area contributed by atoms with Gasteiger partial charge in [0.2, 0.25) is 0 Å². The summed E-state index contributed by atoms with van der Waals surface area (Å²) >= 11 is -2.46. The van der Waals surface area contributed by atoms with Gasteiger partial charge in [0.1, 0.15) is 0 Å². The molecule has 9 rings (SSSR count). The van der Waals surface area contributed by atoms with Gasteiger partial charge in [-0.15, -0.1) is 0 Å². The van der Waals surface area contributed by atoms with Crippen molar-refractivity contribution in [3.05, 3.63) is 193 Å². The summed E-state index contributed by atoms with van der Waals surface area (Å²) in [6, 6.07) is 60.4. The van der Waals surface area contributed by atoms with E-state index in [1.165, 1.54) is 16.1 Å². The van der Waals surface area contributed by atoms with Crippen LogP contribution in [0.5, 0.6) is 0 Å². The predicted molar refractivity (Wildman–Crippen MR) is 203 cm³/mol. The number of nitrogens with one attached hydrogen (secondary N) is 2. The van der Waals surface area contributed by atoms with Crippen LogP contribution in [0.3, 0.4) is 0 Å². The molecule has 2 aliphatic heterocycles. The normalized spacial score (nSPS) is 12.2. The van der Waals surface area contributed by atoms with Crippen molar-refractivity contribution in [3.8, 4) is 0 Å². The molecule has 3 aromatic heterocycles. The van der Waals surface area contributed by atoms with Gasteiger partial charge in [0.15, 0.2) is 0 Å². The maximum atomic E-state index is 4.63. The van der Waals surface area contributed by atoms with Crippen molar-refractivity contribution in [2.45, 2.75) is 0 Å². The zero-order valence-corrected chi connectivity index (χ0v) is 28.2. The van der Waals surface area contributed by atoms with E-state index < -0.39 is 15.5 Å². The van der Waals surface area contributed by atoms with Crippen LogP contribution in [0.1, 0.15) is 22.8 Å². The van der Waals surface area contributed by atoms with E-state index in [-0.39, 0.29) is 0 Å². The maximum absolute atomic E-state index is 4.63. The van der Waals surface area contributed by atoms with E-state index in [0.717, 1.165) is 44.8 Å². The summed E-state index contributed by atoms with van der Waals surface area (Å²) in [6.07, 6.45) is 8.09. The van der Waals surface area contributed by atoms with Gasteiger partial charge in [-0.3, -0.25) is 0 Å². The van der Waals surface area contributed by atoms with E-state index in [1.54, 1.807) is 0 Å². The Morgan fingerprint density at radius 3 is 0.796 bits per heavy atom. The van der Waals surface area contributed by atoms with Crippen LogP contribution in [0.4, 0.5) is 0 Å². The van der Waals surface area contributed by atoms with Crippen molar-refractivity contribution in [1.82, 2.24) is 19.9 Å². The summed E-state index contributed by atoms with van der Waals surface area (Å²) in [6.45, 7) is 0. The Bertz CT molecular complexity index is 2090. The number of hydrogen-bond acceptors (Lipinski definition) is 2. The van der Waals surface area contributed by atoms with E-state index in [1.807, 2.05) is 48.6 Å². The SMILES string of the molecule is C1=Cc2cc3ccc(cc4nc(cc5ccc(cc1n2)[nH]5)C=C4)[nH]3.c1cc[c]([Pd]([c]2ccccc2)([c]2ccccc2)[c]2ccccc2)cc1. The van der Waals surface area contributed by atoms with E-state index in [9.17, 15) is 0 Å². The second kappa shape index (κ2) is 13.7. The number of nitrogens with zero attached hydrogens (tertiary/aromatic N) is 2. The zero-order chi connectivity index (χ0) is 32.9. The predicted octanol–water partition coefficient (Wildman–Crippen LogP) is 8.10. The summed E-state index contributed by atoms with van der Waals surface area (Å²) in [5.41, 5.74) is 7.86. The minimum absolute atomic E-state index is 0.939. The summed E-state index contributed by atoms with van der Waals surface area (Å²) in [5.74, 6) is 0. The van der Waals surface area contributed by atoms with Gasteiger partial charge < -0.3 is 9.97 Å². The summed E-state index contributed by atoms with van der Waals surface area (Å²) < 4.78 is 5.71. The summed E-state index contributed by atoms with van der Waals surface area (Å²) in [5, 5.41) is 0. The molecule has 0 amide bonds. The molecule has 8 bridgehead atoms. The fraction of sp³-hybridized carbons (Fsp3) is 0. The van der Waals surface area contributed by atoms with Crippen molar-refractivity contribution in [3.63, 3.8) is 0 Å². The molecule has 2 N–H and O–H groups in total. The molecule has 0 radical (unpaired) electrons. The fourth-order valence-corrected chi connectivity index (χ4v) is 13.2. The molecule has 5 heterocycles. The number of aromatic amines is 2. The third-order valence-electron chi connectivity index (χ3n) is 7.99. The quantitative estimate of drug-likeness (QED) is 0.180. The Balaban J connectivity index is 0.000000142. The Hall–Kier alpha value is -5.86. The van der Waals surface area contributed by atoms with Gasteiger partial charge >= 0.3 is 153 Å². The van der Waals surface area contributed by atoms with Crippen molar-refractivity contribution < 1.29 is 15.5 Å². The van der Waals surface area contributed by atoms with Crippen LogP contribution in [0, 0.1) is 0 Å². The van der Waals surface area contributed by atoms with Crippen LogP contribution in [-0.4, -0.2) is 19.9 Å². The fourth-order valence-electron chi connectivity index (χ4n) is 5.82. The average Bonchev–Trinajstić information content (AvgIpc) is 3.98. The van der Waals surface area contributed by atoms with E-state index in [2.05, 4.69) is 166 Å². The molecule has 49 heavy (non-hydrogen) atoms. The molecular weight excluding hydrogens is 691 g/mol. The van der Waals surface area contributed by atoms with Gasteiger partial charge in [0.05, 0.1) is 22.8 Å². The molecule has 0 atom stereocenters. The van der Waals surface area contributed by atoms with Crippen molar-refractivity contribution in [1.29, 1.82) is 0 Å². The number of aromatic nitrogens is 4. The molecule has 0 saturated heterocycles. The van der Waals surface area contributed by atoms with Gasteiger partial charge in [-0.1, -0.05) is 0 Å². The molecular formula is C44H34N4Pd. The van der Waals surface area contributed by atoms with Gasteiger partial charge in [-0.2, -0.15) is 0 Å². The van der Waals surface area contributed by atoms with Crippen molar-refractivity contribution in [2.24, 2.45) is 0 Å². The topological polar surface area (TPSA) is 57.4 Å². The standard InChI is InChI=1S/C20H14N4.4C6H5.Pd/c1-2-14-10-16-5-6-18(23-16)12-20-8-7-19(24-20)11-17-4-3-15(22-17)9-13(1)21-14;4*1-2-4-6-5-3-1;/h1-12,21,24H;4*1-5H;. The number of rotatable bonds is 4. The molecule has 4 aromatic carbocycles. The van der Waals surface area contributed by atoms with Crippen LogP contribution in [-0.2, 0) is 15.5 Å². The third-order valence-corrected chi connectivity index (χ3v) is 15.4. The van der Waals surface area contributed by atoms with Crippen LogP contribution < -0.4 is 16.1 Å². The van der Waals surface area contributed by atoms with Gasteiger partial charge in [-0.25, -0.2) is 9.97 Å². The molecule has 0 unspecified atom stereocenters. The van der Waals surface area contributed by atoms with E-state index >= 15 is 0 Å². The van der Waals surface area contributed by atoms with Gasteiger partial charge in [-0.05, 0) is 72.8 Å². The van der Waals surface area contributed by atoms with Crippen molar-refractivity contribution in [2.75, 3.05) is 0 Å². The average molecular weight is 725 g/mol. The zero-order valence-electron chi connectivity index (χ0n) is 26.7. The molecule has 5 heteroatoms. The molecule has 0 aliphatic carbocycles. The first-order valence-corrected chi connectivity index (χ1v) is 19.2. The van der Waals surface area contributed by atoms with Crippen LogP contribution >= 0.6 is 0 Å². The number of benzene rings is 4. The Labute approximate surface area is 289 Å². The third kappa shape index (κ3) is 6.51. The molecule has 2 aliphatic rings.